The van der Waals surface area contributed by atoms with Gasteiger partial charge in [-0.3, -0.25) is 9.59 Å². The standard InChI is InChI=1S/C21H29N3O3.ClH/c1-27-16-2-3-17(22)18(7-16)24-20(26)12-23-19(25)11-21-8-13-4-14(9-21)6-15(5-13)10-21;/h2-3,7,13-15H,4-6,8-12,22H2,1H3,(H,23,25)(H,24,26);1H. The second-order valence-corrected chi connectivity index (χ2v) is 8.87. The van der Waals surface area contributed by atoms with E-state index >= 15 is 0 Å². The number of anilines is 2. The van der Waals surface area contributed by atoms with Gasteiger partial charge in [0.25, 0.3) is 0 Å². The third-order valence-corrected chi connectivity index (χ3v) is 6.68. The first-order chi connectivity index (χ1) is 12.9. The van der Waals surface area contributed by atoms with E-state index in [0.29, 0.717) is 23.5 Å². The number of amides is 2. The van der Waals surface area contributed by atoms with Crippen molar-refractivity contribution in [3.8, 4) is 5.75 Å². The van der Waals surface area contributed by atoms with Gasteiger partial charge in [-0.25, -0.2) is 0 Å². The number of rotatable bonds is 6. The second-order valence-electron chi connectivity index (χ2n) is 8.87. The molecule has 0 heterocycles. The lowest BCUT2D eigenvalue weighted by molar-refractivity contribution is -0.131. The average molecular weight is 408 g/mol. The molecule has 4 fully saturated rings. The van der Waals surface area contributed by atoms with Crippen LogP contribution in [0.1, 0.15) is 44.9 Å². The summed E-state index contributed by atoms with van der Waals surface area (Å²) in [6.07, 6.45) is 8.24. The Balaban J connectivity index is 0.00000225. The minimum Gasteiger partial charge on any atom is -0.497 e. The predicted molar refractivity (Wildman–Crippen MR) is 112 cm³/mol. The van der Waals surface area contributed by atoms with Crippen molar-refractivity contribution in [1.82, 2.24) is 5.32 Å². The molecule has 4 aliphatic rings. The monoisotopic (exact) mass is 407 g/mol. The quantitative estimate of drug-likeness (QED) is 0.630. The van der Waals surface area contributed by atoms with Gasteiger partial charge in [0.05, 0.1) is 25.0 Å². The maximum atomic E-state index is 12.5. The first kappa shape index (κ1) is 20.8. The summed E-state index contributed by atoms with van der Waals surface area (Å²) < 4.78 is 5.15. The van der Waals surface area contributed by atoms with Crippen molar-refractivity contribution in [2.75, 3.05) is 24.7 Å². The van der Waals surface area contributed by atoms with E-state index in [2.05, 4.69) is 10.6 Å². The van der Waals surface area contributed by atoms with Gasteiger partial charge >= 0.3 is 0 Å². The fraction of sp³-hybridized carbons (Fsp3) is 0.619. The topological polar surface area (TPSA) is 93.4 Å². The lowest BCUT2D eigenvalue weighted by Crippen LogP contribution is -2.48. The van der Waals surface area contributed by atoms with Crippen LogP contribution < -0.4 is 21.1 Å². The first-order valence-corrected chi connectivity index (χ1v) is 9.95. The molecular formula is C21H30ClN3O3. The molecule has 5 rings (SSSR count). The number of ether oxygens (including phenoxy) is 1. The highest BCUT2D eigenvalue weighted by molar-refractivity contribution is 5.97. The van der Waals surface area contributed by atoms with E-state index in [9.17, 15) is 9.59 Å². The van der Waals surface area contributed by atoms with Crippen molar-refractivity contribution in [2.24, 2.45) is 23.2 Å². The summed E-state index contributed by atoms with van der Waals surface area (Å²) in [6, 6.07) is 5.09. The number of methoxy groups -OCH3 is 1. The van der Waals surface area contributed by atoms with E-state index in [0.717, 1.165) is 17.8 Å². The molecule has 4 N–H and O–H groups in total. The van der Waals surface area contributed by atoms with Crippen molar-refractivity contribution < 1.29 is 14.3 Å². The summed E-state index contributed by atoms with van der Waals surface area (Å²) >= 11 is 0. The Morgan fingerprint density at radius 3 is 2.29 bits per heavy atom. The molecule has 28 heavy (non-hydrogen) atoms. The van der Waals surface area contributed by atoms with Crippen LogP contribution in [0, 0.1) is 23.2 Å². The maximum Gasteiger partial charge on any atom is 0.243 e. The molecule has 2 amide bonds. The first-order valence-electron chi connectivity index (χ1n) is 9.95. The number of nitrogen functional groups attached to an aromatic ring is 1. The summed E-state index contributed by atoms with van der Waals surface area (Å²) in [4.78, 5) is 24.7. The summed E-state index contributed by atoms with van der Waals surface area (Å²) in [6.45, 7) is -0.0398. The van der Waals surface area contributed by atoms with E-state index in [4.69, 9.17) is 10.5 Å². The molecule has 1 aromatic rings. The van der Waals surface area contributed by atoms with Crippen LogP contribution in [0.2, 0.25) is 0 Å². The number of nitrogens with one attached hydrogen (secondary N) is 2. The van der Waals surface area contributed by atoms with Gasteiger partial charge in [0.1, 0.15) is 5.75 Å². The van der Waals surface area contributed by atoms with Crippen molar-refractivity contribution in [3.63, 3.8) is 0 Å². The van der Waals surface area contributed by atoms with Crippen LogP contribution in [0.25, 0.3) is 0 Å². The molecule has 0 atom stereocenters. The predicted octanol–water partition coefficient (Wildman–Crippen LogP) is 3.36. The van der Waals surface area contributed by atoms with Crippen LogP contribution in [0.3, 0.4) is 0 Å². The summed E-state index contributed by atoms with van der Waals surface area (Å²) in [7, 11) is 1.56. The van der Waals surface area contributed by atoms with E-state index in [-0.39, 0.29) is 36.2 Å². The van der Waals surface area contributed by atoms with Crippen LogP contribution in [0.15, 0.2) is 18.2 Å². The highest BCUT2D eigenvalue weighted by Crippen LogP contribution is 2.61. The number of hydrogen-bond acceptors (Lipinski definition) is 4. The normalized spacial score (nSPS) is 29.7. The Hall–Kier alpha value is -1.95. The van der Waals surface area contributed by atoms with Gasteiger partial charge in [0.2, 0.25) is 11.8 Å². The summed E-state index contributed by atoms with van der Waals surface area (Å²) in [5, 5.41) is 5.54. The molecule has 4 aliphatic carbocycles. The highest BCUT2D eigenvalue weighted by Gasteiger charge is 2.51. The van der Waals surface area contributed by atoms with Gasteiger partial charge in [-0.15, -0.1) is 12.4 Å². The van der Waals surface area contributed by atoms with Crippen LogP contribution in [-0.4, -0.2) is 25.5 Å². The number of nitrogens with two attached hydrogens (primary N) is 1. The average Bonchev–Trinajstić information content (AvgIpc) is 2.60. The van der Waals surface area contributed by atoms with Gasteiger partial charge in [-0.05, 0) is 73.8 Å². The minimum atomic E-state index is -0.284. The Kier molecular flexibility index (Phi) is 6.08. The second kappa shape index (κ2) is 8.19. The van der Waals surface area contributed by atoms with Crippen LogP contribution >= 0.6 is 12.4 Å². The van der Waals surface area contributed by atoms with Gasteiger partial charge < -0.3 is 21.1 Å². The van der Waals surface area contributed by atoms with E-state index < -0.39 is 0 Å². The molecule has 7 heteroatoms. The number of halogens is 1. The molecular weight excluding hydrogens is 378 g/mol. The molecule has 0 unspecified atom stereocenters. The molecule has 0 aliphatic heterocycles. The molecule has 154 valence electrons. The Morgan fingerprint density at radius 1 is 1.11 bits per heavy atom. The number of benzene rings is 1. The largest absolute Gasteiger partial charge is 0.497 e. The summed E-state index contributed by atoms with van der Waals surface area (Å²) in [5.74, 6) is 2.79. The SMILES string of the molecule is COc1ccc(N)c(NC(=O)CNC(=O)CC23CC4CC(CC(C4)C2)C3)c1.Cl. The lowest BCUT2D eigenvalue weighted by Gasteiger charge is -2.56. The highest BCUT2D eigenvalue weighted by atomic mass is 35.5. The van der Waals surface area contributed by atoms with Crippen molar-refractivity contribution in [1.29, 1.82) is 0 Å². The lowest BCUT2D eigenvalue weighted by atomic mass is 9.49. The van der Waals surface area contributed by atoms with Crippen molar-refractivity contribution in [2.45, 2.75) is 44.9 Å². The van der Waals surface area contributed by atoms with Crippen LogP contribution in [-0.2, 0) is 9.59 Å². The zero-order valence-corrected chi connectivity index (χ0v) is 17.1. The smallest absolute Gasteiger partial charge is 0.243 e. The third kappa shape index (κ3) is 4.37. The number of carbonyl (C=O) groups is 2. The molecule has 0 radical (unpaired) electrons. The molecule has 4 saturated carbocycles. The van der Waals surface area contributed by atoms with Gasteiger partial charge in [0, 0.05) is 12.5 Å². The van der Waals surface area contributed by atoms with Crippen molar-refractivity contribution >= 4 is 35.6 Å². The van der Waals surface area contributed by atoms with Crippen molar-refractivity contribution in [3.05, 3.63) is 18.2 Å². The Labute approximate surface area is 172 Å². The van der Waals surface area contributed by atoms with Gasteiger partial charge in [0.15, 0.2) is 0 Å². The number of hydrogen-bond donors (Lipinski definition) is 3. The minimum absolute atomic E-state index is 0. The fourth-order valence-electron chi connectivity index (χ4n) is 6.05. The number of carbonyl (C=O) groups excluding carboxylic acids is 2. The third-order valence-electron chi connectivity index (χ3n) is 6.68. The Morgan fingerprint density at radius 2 is 1.71 bits per heavy atom. The zero-order chi connectivity index (χ0) is 19.0. The molecule has 6 nitrogen and oxygen atoms in total. The van der Waals surface area contributed by atoms with E-state index in [1.807, 2.05) is 0 Å². The molecule has 0 spiro atoms. The maximum absolute atomic E-state index is 12.5. The van der Waals surface area contributed by atoms with Gasteiger partial charge in [-0.1, -0.05) is 0 Å². The van der Waals surface area contributed by atoms with Crippen LogP contribution in [0.5, 0.6) is 5.75 Å². The van der Waals surface area contributed by atoms with Crippen LogP contribution in [0.4, 0.5) is 11.4 Å². The fourth-order valence-corrected chi connectivity index (χ4v) is 6.05. The zero-order valence-electron chi connectivity index (χ0n) is 16.3. The Bertz CT molecular complexity index is 717. The summed E-state index contributed by atoms with van der Waals surface area (Å²) in [5.41, 5.74) is 7.03. The van der Waals surface area contributed by atoms with Gasteiger partial charge in [-0.2, -0.15) is 0 Å². The molecule has 1 aromatic carbocycles. The molecule has 4 bridgehead atoms. The molecule has 0 aromatic heterocycles. The van der Waals surface area contributed by atoms with E-state index in [1.54, 1.807) is 25.3 Å². The molecule has 0 saturated heterocycles. The van der Waals surface area contributed by atoms with E-state index in [1.165, 1.54) is 38.5 Å².